The summed E-state index contributed by atoms with van der Waals surface area (Å²) in [6.07, 6.45) is 0. The number of hydrogen-bond acceptors (Lipinski definition) is 2. The summed E-state index contributed by atoms with van der Waals surface area (Å²) < 4.78 is 32.8. The van der Waals surface area contributed by atoms with Crippen molar-refractivity contribution in [2.75, 3.05) is 5.73 Å². The molecule has 0 aliphatic heterocycles. The van der Waals surface area contributed by atoms with Crippen molar-refractivity contribution in [1.29, 1.82) is 0 Å². The van der Waals surface area contributed by atoms with Crippen LogP contribution in [0.1, 0.15) is 0 Å². The molecular weight excluding hydrogens is 419 g/mol. The monoisotopic (exact) mass is 425 g/mol. The molecule has 0 fully saturated rings. The zero-order valence-corrected chi connectivity index (χ0v) is 12.6. The molecule has 0 spiro atoms. The quantitative estimate of drug-likeness (QED) is 0.558. The van der Waals surface area contributed by atoms with Crippen LogP contribution < -0.4 is 10.5 Å². The lowest BCUT2D eigenvalue weighted by Gasteiger charge is -2.09. The van der Waals surface area contributed by atoms with E-state index >= 15 is 0 Å². The molecule has 6 heteroatoms. The zero-order valence-electron chi connectivity index (χ0n) is 8.88. The van der Waals surface area contributed by atoms with Gasteiger partial charge in [-0.2, -0.15) is 0 Å². The fourth-order valence-electron chi connectivity index (χ4n) is 1.30. The molecule has 0 aliphatic carbocycles. The standard InChI is InChI=1S/C12H7BrF2INO/c13-7-2-1-6(3-8(7)14)18-12-4-9(15)10(16)5-11(12)17/h1-5H,17H2. The highest BCUT2D eigenvalue weighted by Crippen LogP contribution is 2.31. The molecule has 2 rings (SSSR count). The maximum Gasteiger partial charge on any atom is 0.153 e. The molecule has 0 atom stereocenters. The molecule has 0 aromatic heterocycles. The van der Waals surface area contributed by atoms with Gasteiger partial charge in [0.15, 0.2) is 5.75 Å². The summed E-state index contributed by atoms with van der Waals surface area (Å²) in [4.78, 5) is 0. The Hall–Kier alpha value is -0.890. The van der Waals surface area contributed by atoms with Crippen LogP contribution in [0.15, 0.2) is 34.8 Å². The van der Waals surface area contributed by atoms with Gasteiger partial charge in [0, 0.05) is 12.1 Å². The number of halogens is 4. The van der Waals surface area contributed by atoms with Gasteiger partial charge in [0.1, 0.15) is 17.4 Å². The van der Waals surface area contributed by atoms with Crippen molar-refractivity contribution in [2.45, 2.75) is 0 Å². The average molecular weight is 426 g/mol. The van der Waals surface area contributed by atoms with Gasteiger partial charge in [0.05, 0.1) is 13.7 Å². The van der Waals surface area contributed by atoms with E-state index in [-0.39, 0.29) is 11.5 Å². The Bertz CT molecular complexity index is 607. The number of hydrogen-bond donors (Lipinski definition) is 1. The number of nitrogens with two attached hydrogens (primary N) is 1. The first-order valence-corrected chi connectivity index (χ1v) is 6.72. The van der Waals surface area contributed by atoms with Crippen LogP contribution in [0.4, 0.5) is 14.5 Å². The number of rotatable bonds is 2. The van der Waals surface area contributed by atoms with E-state index in [4.69, 9.17) is 10.5 Å². The van der Waals surface area contributed by atoms with Gasteiger partial charge in [-0.05, 0) is 56.7 Å². The van der Waals surface area contributed by atoms with Crippen LogP contribution in [0.2, 0.25) is 0 Å². The van der Waals surface area contributed by atoms with Crippen LogP contribution in [0.25, 0.3) is 0 Å². The number of nitrogen functional groups attached to an aromatic ring is 1. The minimum Gasteiger partial charge on any atom is -0.455 e. The van der Waals surface area contributed by atoms with Crippen molar-refractivity contribution in [1.82, 2.24) is 0 Å². The van der Waals surface area contributed by atoms with Crippen LogP contribution in [-0.4, -0.2) is 0 Å². The topological polar surface area (TPSA) is 35.2 Å². The number of anilines is 1. The third-order valence-corrected chi connectivity index (χ3v) is 3.64. The van der Waals surface area contributed by atoms with Crippen molar-refractivity contribution >= 4 is 44.2 Å². The molecule has 0 saturated carbocycles. The fourth-order valence-corrected chi connectivity index (χ4v) is 2.04. The molecule has 18 heavy (non-hydrogen) atoms. The Kier molecular flexibility index (Phi) is 4.06. The molecule has 0 radical (unpaired) electrons. The number of ether oxygens (including phenoxy) is 1. The van der Waals surface area contributed by atoms with Crippen LogP contribution in [0, 0.1) is 15.2 Å². The van der Waals surface area contributed by atoms with Crippen molar-refractivity contribution in [3.63, 3.8) is 0 Å². The Labute approximate surface area is 124 Å². The van der Waals surface area contributed by atoms with Gasteiger partial charge in [0.2, 0.25) is 0 Å². The fraction of sp³-hybridized carbons (Fsp3) is 0. The lowest BCUT2D eigenvalue weighted by molar-refractivity contribution is 0.472. The summed E-state index contributed by atoms with van der Waals surface area (Å²) >= 11 is 4.86. The normalized spacial score (nSPS) is 10.4. The molecule has 94 valence electrons. The van der Waals surface area contributed by atoms with Crippen molar-refractivity contribution < 1.29 is 13.5 Å². The maximum atomic E-state index is 13.4. The second kappa shape index (κ2) is 5.40. The van der Waals surface area contributed by atoms with Gasteiger partial charge in [0.25, 0.3) is 0 Å². The summed E-state index contributed by atoms with van der Waals surface area (Å²) in [5.74, 6) is -0.480. The van der Waals surface area contributed by atoms with Crippen LogP contribution in [0.3, 0.4) is 0 Å². The van der Waals surface area contributed by atoms with Gasteiger partial charge in [-0.1, -0.05) is 0 Å². The summed E-state index contributed by atoms with van der Waals surface area (Å²) in [5.41, 5.74) is 6.00. The SMILES string of the molecule is Nc1cc(I)c(F)cc1Oc1ccc(Br)c(F)c1. The Balaban J connectivity index is 2.34. The summed E-state index contributed by atoms with van der Waals surface area (Å²) in [7, 11) is 0. The lowest BCUT2D eigenvalue weighted by atomic mass is 10.3. The van der Waals surface area contributed by atoms with Gasteiger partial charge in [-0.3, -0.25) is 0 Å². The van der Waals surface area contributed by atoms with Gasteiger partial charge in [-0.25, -0.2) is 8.78 Å². The summed E-state index contributed by atoms with van der Waals surface area (Å²) in [6.45, 7) is 0. The highest BCUT2D eigenvalue weighted by atomic mass is 127. The molecule has 2 nitrogen and oxygen atoms in total. The second-order valence-corrected chi connectivity index (χ2v) is 5.50. The Morgan fingerprint density at radius 3 is 2.50 bits per heavy atom. The molecule has 0 saturated heterocycles. The van der Waals surface area contributed by atoms with Gasteiger partial charge in [-0.15, -0.1) is 0 Å². The van der Waals surface area contributed by atoms with E-state index in [0.29, 0.717) is 13.7 Å². The predicted octanol–water partition coefficient (Wildman–Crippen LogP) is 4.71. The predicted molar refractivity (Wildman–Crippen MR) is 77.7 cm³/mol. The first kappa shape index (κ1) is 13.5. The molecular formula is C12H7BrF2INO. The Morgan fingerprint density at radius 2 is 1.83 bits per heavy atom. The largest absolute Gasteiger partial charge is 0.455 e. The average Bonchev–Trinajstić information content (AvgIpc) is 2.31. The highest BCUT2D eigenvalue weighted by Gasteiger charge is 2.09. The molecule has 0 bridgehead atoms. The van der Waals surface area contributed by atoms with E-state index in [1.165, 1.54) is 24.3 Å². The summed E-state index contributed by atoms with van der Waals surface area (Å²) in [6, 6.07) is 6.89. The lowest BCUT2D eigenvalue weighted by Crippen LogP contribution is -1.95. The highest BCUT2D eigenvalue weighted by molar-refractivity contribution is 14.1. The van der Waals surface area contributed by atoms with E-state index in [0.717, 1.165) is 0 Å². The Morgan fingerprint density at radius 1 is 1.11 bits per heavy atom. The molecule has 0 unspecified atom stereocenters. The molecule has 0 heterocycles. The van der Waals surface area contributed by atoms with Gasteiger partial charge < -0.3 is 10.5 Å². The number of benzene rings is 2. The molecule has 2 aromatic carbocycles. The third kappa shape index (κ3) is 2.92. The van der Waals surface area contributed by atoms with E-state index < -0.39 is 11.6 Å². The van der Waals surface area contributed by atoms with Crippen LogP contribution >= 0.6 is 38.5 Å². The smallest absolute Gasteiger partial charge is 0.153 e. The van der Waals surface area contributed by atoms with Crippen molar-refractivity contribution in [2.24, 2.45) is 0 Å². The van der Waals surface area contributed by atoms with E-state index in [1.807, 2.05) is 22.6 Å². The second-order valence-electron chi connectivity index (χ2n) is 3.48. The molecule has 0 amide bonds. The molecule has 2 N–H and O–H groups in total. The third-order valence-electron chi connectivity index (χ3n) is 2.17. The van der Waals surface area contributed by atoms with E-state index in [9.17, 15) is 8.78 Å². The first-order valence-electron chi connectivity index (χ1n) is 4.85. The first-order chi connectivity index (χ1) is 8.47. The van der Waals surface area contributed by atoms with Gasteiger partial charge >= 0.3 is 0 Å². The molecule has 0 aliphatic rings. The van der Waals surface area contributed by atoms with E-state index in [1.54, 1.807) is 6.07 Å². The van der Waals surface area contributed by atoms with Crippen LogP contribution in [0.5, 0.6) is 11.5 Å². The maximum absolute atomic E-state index is 13.4. The van der Waals surface area contributed by atoms with Crippen molar-refractivity contribution in [3.8, 4) is 11.5 Å². The summed E-state index contributed by atoms with van der Waals surface area (Å²) in [5, 5.41) is 0. The van der Waals surface area contributed by atoms with E-state index in [2.05, 4.69) is 15.9 Å². The van der Waals surface area contributed by atoms with Crippen LogP contribution in [-0.2, 0) is 0 Å². The minimum atomic E-state index is -0.461. The minimum absolute atomic E-state index is 0.162. The molecule has 2 aromatic rings. The zero-order chi connectivity index (χ0) is 13.3. The van der Waals surface area contributed by atoms with Crippen molar-refractivity contribution in [3.05, 3.63) is 50.0 Å².